The van der Waals surface area contributed by atoms with Crippen LogP contribution in [0, 0.1) is 10.1 Å². The van der Waals surface area contributed by atoms with Crippen molar-refractivity contribution < 1.29 is 13.3 Å². The van der Waals surface area contributed by atoms with Crippen molar-refractivity contribution in [2.75, 3.05) is 0 Å². The van der Waals surface area contributed by atoms with Crippen molar-refractivity contribution in [3.05, 3.63) is 33.5 Å². The van der Waals surface area contributed by atoms with Crippen LogP contribution in [0.2, 0.25) is 5.15 Å². The second-order valence-electron chi connectivity index (χ2n) is 3.19. The first-order valence-corrected chi connectivity index (χ1v) is 6.89. The summed E-state index contributed by atoms with van der Waals surface area (Å²) in [6.45, 7) is 0. The number of nitrogens with one attached hydrogen (secondary N) is 1. The number of nitrogens with zero attached hydrogens (tertiary/aromatic N) is 1. The average Bonchev–Trinajstić information content (AvgIpc) is 2.51. The minimum absolute atomic E-state index is 0.0965. The Morgan fingerprint density at radius 2 is 2.00 bits per heavy atom. The van der Waals surface area contributed by atoms with Crippen LogP contribution in [-0.2, 0) is 9.05 Å². The number of aromatic amines is 1. The van der Waals surface area contributed by atoms with Crippen molar-refractivity contribution in [3.8, 4) is 0 Å². The molecule has 2 aromatic rings. The molecule has 0 fully saturated rings. The summed E-state index contributed by atoms with van der Waals surface area (Å²) in [5.41, 5.74) is 0.120. The Morgan fingerprint density at radius 1 is 1.35 bits per heavy atom. The summed E-state index contributed by atoms with van der Waals surface area (Å²) < 4.78 is 22.6. The monoisotopic (exact) mass is 294 g/mol. The molecular formula is C8H4Cl2N2O4S. The summed E-state index contributed by atoms with van der Waals surface area (Å²) in [7, 11) is 1.14. The minimum atomic E-state index is -4.07. The van der Waals surface area contributed by atoms with E-state index in [1.807, 2.05) is 0 Å². The molecule has 0 saturated carbocycles. The van der Waals surface area contributed by atoms with E-state index >= 15 is 0 Å². The molecule has 1 aromatic carbocycles. The molecule has 1 aromatic heterocycles. The van der Waals surface area contributed by atoms with Gasteiger partial charge in [-0.3, -0.25) is 10.1 Å². The summed E-state index contributed by atoms with van der Waals surface area (Å²) in [6, 6.07) is 3.71. The number of benzene rings is 1. The quantitative estimate of drug-likeness (QED) is 0.523. The van der Waals surface area contributed by atoms with E-state index in [2.05, 4.69) is 4.98 Å². The molecule has 0 unspecified atom stereocenters. The first-order chi connectivity index (χ1) is 7.80. The highest BCUT2D eigenvalue weighted by molar-refractivity contribution is 8.14. The SMILES string of the molecule is O=[N+]([O-])c1ccc2[nH]c(Cl)c(S(=O)(=O)Cl)c2c1. The van der Waals surface area contributed by atoms with Gasteiger partial charge in [0.1, 0.15) is 10.0 Å². The average molecular weight is 295 g/mol. The molecular weight excluding hydrogens is 291 g/mol. The van der Waals surface area contributed by atoms with E-state index in [0.717, 1.165) is 6.07 Å². The number of rotatable bonds is 2. The molecule has 0 radical (unpaired) electrons. The number of fused-ring (bicyclic) bond motifs is 1. The molecule has 6 nitrogen and oxygen atoms in total. The van der Waals surface area contributed by atoms with Crippen molar-refractivity contribution in [2.45, 2.75) is 4.90 Å². The fourth-order valence-corrected chi connectivity index (χ4v) is 3.28. The van der Waals surface area contributed by atoms with Gasteiger partial charge in [-0.05, 0) is 6.07 Å². The molecule has 17 heavy (non-hydrogen) atoms. The normalized spacial score (nSPS) is 11.9. The third-order valence-corrected chi connectivity index (χ3v) is 3.92. The molecule has 2 rings (SSSR count). The van der Waals surface area contributed by atoms with E-state index in [0.29, 0.717) is 5.52 Å². The highest BCUT2D eigenvalue weighted by Crippen LogP contribution is 2.34. The van der Waals surface area contributed by atoms with Gasteiger partial charge in [-0.2, -0.15) is 0 Å². The standard InChI is InChI=1S/C8H4Cl2N2O4S/c9-8-7(17(10,15)16)5-3-4(12(13)14)1-2-6(5)11-8/h1-3,11H. The van der Waals surface area contributed by atoms with Crippen molar-refractivity contribution in [3.63, 3.8) is 0 Å². The Kier molecular flexibility index (Phi) is 2.76. The van der Waals surface area contributed by atoms with Crippen LogP contribution in [0.1, 0.15) is 0 Å². The summed E-state index contributed by atoms with van der Waals surface area (Å²) in [6.07, 6.45) is 0. The molecule has 9 heteroatoms. The lowest BCUT2D eigenvalue weighted by Gasteiger charge is -1.95. The zero-order valence-electron chi connectivity index (χ0n) is 7.98. The van der Waals surface area contributed by atoms with Gasteiger partial charge in [0.05, 0.1) is 4.92 Å². The second-order valence-corrected chi connectivity index (χ2v) is 6.07. The van der Waals surface area contributed by atoms with E-state index in [9.17, 15) is 18.5 Å². The Labute approximate surface area is 105 Å². The van der Waals surface area contributed by atoms with Gasteiger partial charge in [0.2, 0.25) is 0 Å². The maximum atomic E-state index is 11.3. The topological polar surface area (TPSA) is 93.1 Å². The number of non-ortho nitro benzene ring substituents is 1. The largest absolute Gasteiger partial charge is 0.344 e. The van der Waals surface area contributed by atoms with Crippen LogP contribution in [-0.4, -0.2) is 18.3 Å². The van der Waals surface area contributed by atoms with Gasteiger partial charge < -0.3 is 4.98 Å². The van der Waals surface area contributed by atoms with E-state index in [4.69, 9.17) is 22.3 Å². The highest BCUT2D eigenvalue weighted by atomic mass is 35.7. The number of nitro groups is 1. The van der Waals surface area contributed by atoms with Gasteiger partial charge in [0.15, 0.2) is 0 Å². The molecule has 0 aliphatic rings. The van der Waals surface area contributed by atoms with Crippen LogP contribution < -0.4 is 0 Å². The fourth-order valence-electron chi connectivity index (χ4n) is 1.47. The van der Waals surface area contributed by atoms with Gasteiger partial charge in [-0.25, -0.2) is 8.42 Å². The molecule has 0 bridgehead atoms. The predicted molar refractivity (Wildman–Crippen MR) is 63.0 cm³/mol. The Morgan fingerprint density at radius 3 is 2.53 bits per heavy atom. The lowest BCUT2D eigenvalue weighted by atomic mass is 10.2. The highest BCUT2D eigenvalue weighted by Gasteiger charge is 2.23. The van der Waals surface area contributed by atoms with E-state index in [-0.39, 0.29) is 21.1 Å². The first-order valence-electron chi connectivity index (χ1n) is 4.21. The fraction of sp³-hybridized carbons (Fsp3) is 0. The van der Waals surface area contributed by atoms with Crippen LogP contribution in [0.25, 0.3) is 10.9 Å². The van der Waals surface area contributed by atoms with Gasteiger partial charge >= 0.3 is 0 Å². The number of halogens is 2. The minimum Gasteiger partial charge on any atom is -0.344 e. The van der Waals surface area contributed by atoms with Crippen LogP contribution in [0.3, 0.4) is 0 Å². The smallest absolute Gasteiger partial charge is 0.270 e. The van der Waals surface area contributed by atoms with Crippen LogP contribution in [0.15, 0.2) is 23.1 Å². The maximum absolute atomic E-state index is 11.3. The lowest BCUT2D eigenvalue weighted by molar-refractivity contribution is -0.384. The van der Waals surface area contributed by atoms with Gasteiger partial charge in [0, 0.05) is 33.7 Å². The first kappa shape index (κ1) is 12.2. The molecule has 0 atom stereocenters. The Bertz CT molecular complexity index is 722. The zero-order chi connectivity index (χ0) is 12.8. The second kappa shape index (κ2) is 3.86. The zero-order valence-corrected chi connectivity index (χ0v) is 10.3. The Balaban J connectivity index is 2.88. The summed E-state index contributed by atoms with van der Waals surface area (Å²) in [5, 5.41) is 10.5. The number of hydrogen-bond acceptors (Lipinski definition) is 4. The number of H-pyrrole nitrogens is 1. The third-order valence-electron chi connectivity index (χ3n) is 2.15. The molecule has 90 valence electrons. The van der Waals surface area contributed by atoms with Gasteiger partial charge in [-0.1, -0.05) is 11.6 Å². The van der Waals surface area contributed by atoms with Crippen LogP contribution in [0.4, 0.5) is 5.69 Å². The maximum Gasteiger partial charge on any atom is 0.270 e. The van der Waals surface area contributed by atoms with E-state index in [1.165, 1.54) is 12.1 Å². The predicted octanol–water partition coefficient (Wildman–Crippen LogP) is 2.66. The van der Waals surface area contributed by atoms with Crippen molar-refractivity contribution in [2.24, 2.45) is 0 Å². The van der Waals surface area contributed by atoms with E-state index in [1.54, 1.807) is 0 Å². The molecule has 0 saturated heterocycles. The molecule has 1 N–H and O–H groups in total. The van der Waals surface area contributed by atoms with Crippen molar-refractivity contribution in [1.29, 1.82) is 0 Å². The van der Waals surface area contributed by atoms with Gasteiger partial charge in [0.25, 0.3) is 14.7 Å². The van der Waals surface area contributed by atoms with Crippen LogP contribution in [0.5, 0.6) is 0 Å². The molecule has 0 amide bonds. The van der Waals surface area contributed by atoms with Crippen molar-refractivity contribution >= 4 is 47.9 Å². The third kappa shape index (κ3) is 2.08. The molecule has 0 aliphatic carbocycles. The summed E-state index contributed by atoms with van der Waals surface area (Å²) in [4.78, 5) is 12.2. The number of nitro benzene ring substituents is 1. The summed E-state index contributed by atoms with van der Waals surface area (Å²) >= 11 is 5.70. The number of aromatic nitrogens is 1. The molecule has 1 heterocycles. The summed E-state index contributed by atoms with van der Waals surface area (Å²) in [5.74, 6) is 0. The van der Waals surface area contributed by atoms with Crippen molar-refractivity contribution in [1.82, 2.24) is 4.98 Å². The lowest BCUT2D eigenvalue weighted by Crippen LogP contribution is -1.91. The van der Waals surface area contributed by atoms with E-state index < -0.39 is 14.0 Å². The van der Waals surface area contributed by atoms with Crippen LogP contribution >= 0.6 is 22.3 Å². The molecule has 0 spiro atoms. The Hall–Kier alpha value is -1.31. The van der Waals surface area contributed by atoms with Gasteiger partial charge in [-0.15, -0.1) is 0 Å². The molecule has 0 aliphatic heterocycles. The number of hydrogen-bond donors (Lipinski definition) is 1.